The fourth-order valence-electron chi connectivity index (χ4n) is 2.95. The summed E-state index contributed by atoms with van der Waals surface area (Å²) in [5.41, 5.74) is 0.731. The van der Waals surface area contributed by atoms with E-state index in [4.69, 9.17) is 37.4 Å². The molecule has 0 N–H and O–H groups in total. The Hall–Kier alpha value is -0.810. The van der Waals surface area contributed by atoms with Crippen molar-refractivity contribution in [1.29, 1.82) is 0 Å². The lowest BCUT2D eigenvalue weighted by molar-refractivity contribution is -0.176. The summed E-state index contributed by atoms with van der Waals surface area (Å²) >= 11 is 12.2. The molecule has 6 heteroatoms. The summed E-state index contributed by atoms with van der Waals surface area (Å²) in [6.07, 6.45) is 1.18. The molecule has 0 amide bonds. The zero-order chi connectivity index (χ0) is 16.4. The largest absolute Gasteiger partial charge is 0.465 e. The Kier molecular flexibility index (Phi) is 5.16. The lowest BCUT2D eigenvalue weighted by Gasteiger charge is -2.38. The fraction of sp³-hybridized carbons (Fsp3) is 0.588. The summed E-state index contributed by atoms with van der Waals surface area (Å²) in [5.74, 6) is -0.569. The Bertz CT molecular complexity index is 586. The molecular weight excluding hydrogens is 339 g/mol. The van der Waals surface area contributed by atoms with Gasteiger partial charge in [-0.2, -0.15) is 0 Å². The van der Waals surface area contributed by atoms with Crippen molar-refractivity contribution in [3.63, 3.8) is 0 Å². The first kappa shape index (κ1) is 17.0. The van der Waals surface area contributed by atoms with Crippen LogP contribution in [0.5, 0.6) is 0 Å². The van der Waals surface area contributed by atoms with Crippen molar-refractivity contribution >= 4 is 29.2 Å². The summed E-state index contributed by atoms with van der Waals surface area (Å²) < 4.78 is 16.6. The highest BCUT2D eigenvalue weighted by Crippen LogP contribution is 2.39. The molecule has 23 heavy (non-hydrogen) atoms. The van der Waals surface area contributed by atoms with Gasteiger partial charge in [0.1, 0.15) is 6.61 Å². The molecule has 4 nitrogen and oxygen atoms in total. The zero-order valence-corrected chi connectivity index (χ0v) is 14.5. The third kappa shape index (κ3) is 3.82. The highest BCUT2D eigenvalue weighted by atomic mass is 35.5. The first-order chi connectivity index (χ1) is 11.0. The second-order valence-corrected chi connectivity index (χ2v) is 7.46. The van der Waals surface area contributed by atoms with Gasteiger partial charge in [-0.25, -0.2) is 0 Å². The topological polar surface area (TPSA) is 44.8 Å². The summed E-state index contributed by atoms with van der Waals surface area (Å²) in [6, 6.07) is 5.25. The third-order valence-corrected chi connectivity index (χ3v) is 4.92. The van der Waals surface area contributed by atoms with E-state index >= 15 is 0 Å². The average Bonchev–Trinajstić information content (AvgIpc) is 2.51. The maximum atomic E-state index is 12.5. The number of hydrogen-bond donors (Lipinski definition) is 0. The van der Waals surface area contributed by atoms with E-state index in [9.17, 15) is 4.79 Å². The molecule has 2 atom stereocenters. The van der Waals surface area contributed by atoms with Crippen molar-refractivity contribution in [1.82, 2.24) is 0 Å². The van der Waals surface area contributed by atoms with Crippen LogP contribution in [-0.2, 0) is 19.0 Å². The van der Waals surface area contributed by atoms with Gasteiger partial charge in [-0.3, -0.25) is 4.79 Å². The molecule has 126 valence electrons. The summed E-state index contributed by atoms with van der Waals surface area (Å²) in [4.78, 5) is 12.5. The maximum absolute atomic E-state index is 12.5. The molecule has 2 unspecified atom stereocenters. The molecule has 0 radical (unpaired) electrons. The van der Waals surface area contributed by atoms with Gasteiger partial charge in [0, 0.05) is 27.6 Å². The first-order valence-electron chi connectivity index (χ1n) is 7.79. The van der Waals surface area contributed by atoms with Crippen molar-refractivity contribution in [2.75, 3.05) is 26.4 Å². The van der Waals surface area contributed by atoms with Crippen molar-refractivity contribution in [2.24, 2.45) is 11.3 Å². The molecule has 0 saturated carbocycles. The minimum atomic E-state index is -0.383. The monoisotopic (exact) mass is 358 g/mol. The number of ether oxygens (including phenoxy) is 3. The van der Waals surface area contributed by atoms with E-state index in [2.05, 4.69) is 6.92 Å². The molecule has 3 rings (SSSR count). The zero-order valence-electron chi connectivity index (χ0n) is 13.0. The standard InChI is InChI=1S/C17H20Cl2O4/c1-17(8-21-9-17)10-23-16(20)13-3-2-6-22-15(13)12-5-4-11(18)7-14(12)19/h4-5,7,13,15H,2-3,6,8-10H2,1H3. The van der Waals surface area contributed by atoms with E-state index in [1.807, 2.05) is 6.07 Å². The molecular formula is C17H20Cl2O4. The summed E-state index contributed by atoms with van der Waals surface area (Å²) in [7, 11) is 0. The smallest absolute Gasteiger partial charge is 0.311 e. The van der Waals surface area contributed by atoms with Gasteiger partial charge in [-0.1, -0.05) is 36.2 Å². The molecule has 2 saturated heterocycles. The minimum absolute atomic E-state index is 0.0569. The highest BCUT2D eigenvalue weighted by Gasteiger charge is 2.39. The van der Waals surface area contributed by atoms with E-state index < -0.39 is 0 Å². The maximum Gasteiger partial charge on any atom is 0.311 e. The third-order valence-electron chi connectivity index (χ3n) is 4.36. The molecule has 2 aliphatic rings. The van der Waals surface area contributed by atoms with E-state index in [0.29, 0.717) is 36.5 Å². The van der Waals surface area contributed by atoms with Crippen LogP contribution in [0.2, 0.25) is 10.0 Å². The van der Waals surface area contributed by atoms with Crippen LogP contribution in [0.3, 0.4) is 0 Å². The SMILES string of the molecule is CC1(COC(=O)C2CCCOC2c2ccc(Cl)cc2Cl)COC1. The van der Waals surface area contributed by atoms with Crippen molar-refractivity contribution in [2.45, 2.75) is 25.9 Å². The molecule has 0 aromatic heterocycles. The van der Waals surface area contributed by atoms with Gasteiger partial charge < -0.3 is 14.2 Å². The van der Waals surface area contributed by atoms with Crippen LogP contribution in [0.1, 0.15) is 31.4 Å². The Balaban J connectivity index is 1.71. The Morgan fingerprint density at radius 2 is 2.17 bits per heavy atom. The molecule has 2 aliphatic heterocycles. The van der Waals surface area contributed by atoms with E-state index in [-0.39, 0.29) is 23.4 Å². The number of esters is 1. The van der Waals surface area contributed by atoms with Crippen LogP contribution in [-0.4, -0.2) is 32.4 Å². The lowest BCUT2D eigenvalue weighted by Crippen LogP contribution is -2.45. The number of benzene rings is 1. The number of carbonyl (C=O) groups is 1. The number of carbonyl (C=O) groups excluding carboxylic acids is 1. The molecule has 0 aliphatic carbocycles. The van der Waals surface area contributed by atoms with Gasteiger partial charge in [0.15, 0.2) is 0 Å². The Morgan fingerprint density at radius 3 is 2.83 bits per heavy atom. The predicted octanol–water partition coefficient (Wildman–Crippen LogP) is 4.04. The summed E-state index contributed by atoms with van der Waals surface area (Å²) in [5, 5.41) is 1.08. The minimum Gasteiger partial charge on any atom is -0.465 e. The first-order valence-corrected chi connectivity index (χ1v) is 8.55. The molecule has 1 aromatic rings. The Morgan fingerprint density at radius 1 is 1.39 bits per heavy atom. The molecule has 0 bridgehead atoms. The molecule has 1 aromatic carbocycles. The second kappa shape index (κ2) is 6.98. The van der Waals surface area contributed by atoms with E-state index in [1.54, 1.807) is 12.1 Å². The van der Waals surface area contributed by atoms with Crippen LogP contribution in [0, 0.1) is 11.3 Å². The highest BCUT2D eigenvalue weighted by molar-refractivity contribution is 6.35. The molecule has 2 heterocycles. The number of rotatable bonds is 4. The van der Waals surface area contributed by atoms with Gasteiger partial charge in [-0.05, 0) is 25.0 Å². The fourth-order valence-corrected chi connectivity index (χ4v) is 3.46. The summed E-state index contributed by atoms with van der Waals surface area (Å²) in [6.45, 7) is 4.30. The van der Waals surface area contributed by atoms with Gasteiger partial charge in [-0.15, -0.1) is 0 Å². The van der Waals surface area contributed by atoms with Crippen LogP contribution in [0.15, 0.2) is 18.2 Å². The Labute approximate surface area is 146 Å². The normalized spacial score (nSPS) is 26.4. The van der Waals surface area contributed by atoms with E-state index in [1.165, 1.54) is 0 Å². The van der Waals surface area contributed by atoms with Crippen LogP contribution >= 0.6 is 23.2 Å². The number of hydrogen-bond acceptors (Lipinski definition) is 4. The van der Waals surface area contributed by atoms with Crippen molar-refractivity contribution in [3.05, 3.63) is 33.8 Å². The van der Waals surface area contributed by atoms with Gasteiger partial charge in [0.25, 0.3) is 0 Å². The second-order valence-electron chi connectivity index (χ2n) is 6.62. The van der Waals surface area contributed by atoms with E-state index in [0.717, 1.165) is 18.4 Å². The van der Waals surface area contributed by atoms with Gasteiger partial charge >= 0.3 is 5.97 Å². The lowest BCUT2D eigenvalue weighted by atomic mass is 9.88. The van der Waals surface area contributed by atoms with Crippen molar-refractivity contribution < 1.29 is 19.0 Å². The molecule has 0 spiro atoms. The predicted molar refractivity (Wildman–Crippen MR) is 87.8 cm³/mol. The molecule has 2 fully saturated rings. The quantitative estimate of drug-likeness (QED) is 0.761. The van der Waals surface area contributed by atoms with Gasteiger partial charge in [0.2, 0.25) is 0 Å². The van der Waals surface area contributed by atoms with Crippen LogP contribution in [0.25, 0.3) is 0 Å². The number of halogens is 2. The van der Waals surface area contributed by atoms with Crippen molar-refractivity contribution in [3.8, 4) is 0 Å². The van der Waals surface area contributed by atoms with Gasteiger partial charge in [0.05, 0.1) is 25.2 Å². The van der Waals surface area contributed by atoms with Crippen LogP contribution in [0.4, 0.5) is 0 Å². The van der Waals surface area contributed by atoms with Crippen LogP contribution < -0.4 is 0 Å². The average molecular weight is 359 g/mol.